The first-order valence-corrected chi connectivity index (χ1v) is 6.86. The van der Waals surface area contributed by atoms with Gasteiger partial charge in [0, 0.05) is 24.5 Å². The summed E-state index contributed by atoms with van der Waals surface area (Å²) in [6.45, 7) is 10.8. The zero-order valence-electron chi connectivity index (χ0n) is 12.7. The minimum atomic E-state index is 0.0207. The summed E-state index contributed by atoms with van der Waals surface area (Å²) >= 11 is 0. The fourth-order valence-electron chi connectivity index (χ4n) is 2.13. The summed E-state index contributed by atoms with van der Waals surface area (Å²) in [4.78, 5) is 6.83. The number of imidazole rings is 1. The van der Waals surface area contributed by atoms with Crippen molar-refractivity contribution in [1.29, 1.82) is 0 Å². The van der Waals surface area contributed by atoms with Gasteiger partial charge in [-0.2, -0.15) is 0 Å². The van der Waals surface area contributed by atoms with Crippen molar-refractivity contribution in [3.63, 3.8) is 0 Å². The molecule has 0 saturated carbocycles. The second kappa shape index (κ2) is 6.34. The smallest absolute Gasteiger partial charge is 0.127 e. The first kappa shape index (κ1) is 15.2. The van der Waals surface area contributed by atoms with Gasteiger partial charge in [-0.3, -0.25) is 0 Å². The highest BCUT2D eigenvalue weighted by molar-refractivity contribution is 5.08. The van der Waals surface area contributed by atoms with Crippen molar-refractivity contribution in [3.05, 3.63) is 18.2 Å². The number of aromatic nitrogens is 2. The van der Waals surface area contributed by atoms with E-state index in [1.165, 1.54) is 0 Å². The summed E-state index contributed by atoms with van der Waals surface area (Å²) in [6.07, 6.45) is 5.11. The SMILES string of the molecule is CCCn1ccnc1C(NCC)C(C)(C)N(C)C. The molecular weight excluding hydrogens is 224 g/mol. The Morgan fingerprint density at radius 1 is 1.39 bits per heavy atom. The Balaban J connectivity index is 3.07. The maximum absolute atomic E-state index is 4.58. The summed E-state index contributed by atoms with van der Waals surface area (Å²) in [7, 11) is 4.24. The van der Waals surface area contributed by atoms with Crippen LogP contribution >= 0.6 is 0 Å². The van der Waals surface area contributed by atoms with Gasteiger partial charge in [0.05, 0.1) is 6.04 Å². The average Bonchev–Trinajstić information content (AvgIpc) is 2.74. The van der Waals surface area contributed by atoms with E-state index in [4.69, 9.17) is 0 Å². The third kappa shape index (κ3) is 3.12. The van der Waals surface area contributed by atoms with Crippen molar-refractivity contribution in [1.82, 2.24) is 19.8 Å². The maximum Gasteiger partial charge on any atom is 0.127 e. The molecule has 0 aliphatic heterocycles. The molecule has 1 rings (SSSR count). The lowest BCUT2D eigenvalue weighted by atomic mass is 9.92. The molecule has 4 nitrogen and oxygen atoms in total. The molecule has 0 aliphatic rings. The van der Waals surface area contributed by atoms with Crippen LogP contribution in [0.15, 0.2) is 12.4 Å². The van der Waals surface area contributed by atoms with Crippen molar-refractivity contribution < 1.29 is 0 Å². The van der Waals surface area contributed by atoms with Gasteiger partial charge in [-0.1, -0.05) is 13.8 Å². The van der Waals surface area contributed by atoms with Crippen LogP contribution in [-0.2, 0) is 6.54 Å². The van der Waals surface area contributed by atoms with Crippen molar-refractivity contribution in [2.75, 3.05) is 20.6 Å². The molecule has 1 heterocycles. The molecule has 0 spiro atoms. The summed E-state index contributed by atoms with van der Waals surface area (Å²) in [5.74, 6) is 1.14. The zero-order chi connectivity index (χ0) is 13.8. The van der Waals surface area contributed by atoms with Gasteiger partial charge < -0.3 is 14.8 Å². The van der Waals surface area contributed by atoms with Gasteiger partial charge in [0.2, 0.25) is 0 Å². The molecule has 18 heavy (non-hydrogen) atoms. The second-order valence-electron chi connectivity index (χ2n) is 5.52. The van der Waals surface area contributed by atoms with Crippen LogP contribution in [0.3, 0.4) is 0 Å². The molecule has 0 fully saturated rings. The number of rotatable bonds is 7. The highest BCUT2D eigenvalue weighted by Gasteiger charge is 2.34. The normalized spacial score (nSPS) is 14.2. The van der Waals surface area contributed by atoms with Crippen LogP contribution in [0, 0.1) is 0 Å². The van der Waals surface area contributed by atoms with Crippen LogP contribution in [-0.4, -0.2) is 40.6 Å². The van der Waals surface area contributed by atoms with Crippen LogP contribution in [0.2, 0.25) is 0 Å². The van der Waals surface area contributed by atoms with Gasteiger partial charge in [0.25, 0.3) is 0 Å². The molecule has 1 aromatic heterocycles. The lowest BCUT2D eigenvalue weighted by molar-refractivity contribution is 0.132. The maximum atomic E-state index is 4.58. The summed E-state index contributed by atoms with van der Waals surface area (Å²) in [6, 6.07) is 0.235. The van der Waals surface area contributed by atoms with Gasteiger partial charge in [-0.05, 0) is 40.9 Å². The molecular formula is C14H28N4. The average molecular weight is 252 g/mol. The number of aryl methyl sites for hydroxylation is 1. The lowest BCUT2D eigenvalue weighted by Crippen LogP contribution is -2.50. The van der Waals surface area contributed by atoms with Gasteiger partial charge in [-0.25, -0.2) is 4.98 Å². The predicted molar refractivity (Wildman–Crippen MR) is 76.7 cm³/mol. The third-order valence-corrected chi connectivity index (χ3v) is 3.74. The van der Waals surface area contributed by atoms with Crippen molar-refractivity contribution in [3.8, 4) is 0 Å². The number of likely N-dealkylation sites (N-methyl/N-ethyl adjacent to an activating group) is 2. The second-order valence-corrected chi connectivity index (χ2v) is 5.52. The van der Waals surface area contributed by atoms with E-state index in [-0.39, 0.29) is 11.6 Å². The van der Waals surface area contributed by atoms with Gasteiger partial charge >= 0.3 is 0 Å². The molecule has 0 aliphatic carbocycles. The van der Waals surface area contributed by atoms with Gasteiger partial charge in [0.15, 0.2) is 0 Å². The van der Waals surface area contributed by atoms with E-state index in [9.17, 15) is 0 Å². The Labute approximate surface area is 111 Å². The van der Waals surface area contributed by atoms with Crippen molar-refractivity contribution in [2.24, 2.45) is 0 Å². The van der Waals surface area contributed by atoms with E-state index in [2.05, 4.69) is 67.8 Å². The van der Waals surface area contributed by atoms with Gasteiger partial charge in [0.1, 0.15) is 5.82 Å². The first-order chi connectivity index (χ1) is 8.45. The van der Waals surface area contributed by atoms with E-state index < -0.39 is 0 Å². The van der Waals surface area contributed by atoms with E-state index in [0.717, 1.165) is 25.3 Å². The minimum absolute atomic E-state index is 0.0207. The molecule has 0 bridgehead atoms. The largest absolute Gasteiger partial charge is 0.334 e. The minimum Gasteiger partial charge on any atom is -0.334 e. The highest BCUT2D eigenvalue weighted by atomic mass is 15.2. The lowest BCUT2D eigenvalue weighted by Gasteiger charge is -2.40. The topological polar surface area (TPSA) is 33.1 Å². The monoisotopic (exact) mass is 252 g/mol. The molecule has 1 aromatic rings. The Morgan fingerprint density at radius 3 is 2.56 bits per heavy atom. The molecule has 0 amide bonds. The Morgan fingerprint density at radius 2 is 2.06 bits per heavy atom. The number of nitrogens with one attached hydrogen (secondary N) is 1. The fraction of sp³-hybridized carbons (Fsp3) is 0.786. The molecule has 1 atom stereocenters. The molecule has 0 aromatic carbocycles. The Kier molecular flexibility index (Phi) is 5.35. The number of hydrogen-bond acceptors (Lipinski definition) is 3. The first-order valence-electron chi connectivity index (χ1n) is 6.86. The van der Waals surface area contributed by atoms with E-state index in [1.807, 2.05) is 6.20 Å². The molecule has 4 heteroatoms. The molecule has 1 N–H and O–H groups in total. The quantitative estimate of drug-likeness (QED) is 0.808. The highest BCUT2D eigenvalue weighted by Crippen LogP contribution is 2.28. The Hall–Kier alpha value is -0.870. The third-order valence-electron chi connectivity index (χ3n) is 3.74. The Bertz CT molecular complexity index is 354. The van der Waals surface area contributed by atoms with Crippen LogP contribution in [0.5, 0.6) is 0 Å². The summed E-state index contributed by atoms with van der Waals surface area (Å²) in [5, 5.41) is 3.58. The predicted octanol–water partition coefficient (Wildman–Crippen LogP) is 2.28. The van der Waals surface area contributed by atoms with Crippen LogP contribution in [0.25, 0.3) is 0 Å². The van der Waals surface area contributed by atoms with Crippen molar-refractivity contribution in [2.45, 2.75) is 52.2 Å². The zero-order valence-corrected chi connectivity index (χ0v) is 12.7. The standard InChI is InChI=1S/C14H28N4/c1-7-10-18-11-9-16-13(18)12(15-8-2)14(3,4)17(5)6/h9,11-12,15H,7-8,10H2,1-6H3. The van der Waals surface area contributed by atoms with Crippen LogP contribution in [0.1, 0.15) is 46.0 Å². The summed E-state index contributed by atoms with van der Waals surface area (Å²) < 4.78 is 2.26. The van der Waals surface area contributed by atoms with Crippen LogP contribution in [0.4, 0.5) is 0 Å². The summed E-state index contributed by atoms with van der Waals surface area (Å²) in [5.41, 5.74) is 0.0207. The van der Waals surface area contributed by atoms with Gasteiger partial charge in [-0.15, -0.1) is 0 Å². The molecule has 0 saturated heterocycles. The van der Waals surface area contributed by atoms with Crippen molar-refractivity contribution >= 4 is 0 Å². The van der Waals surface area contributed by atoms with Crippen LogP contribution < -0.4 is 5.32 Å². The molecule has 1 unspecified atom stereocenters. The fourth-order valence-corrected chi connectivity index (χ4v) is 2.13. The molecule has 0 radical (unpaired) electrons. The number of nitrogens with zero attached hydrogens (tertiary/aromatic N) is 3. The van der Waals surface area contributed by atoms with E-state index >= 15 is 0 Å². The van der Waals surface area contributed by atoms with E-state index in [1.54, 1.807) is 0 Å². The molecule has 104 valence electrons. The number of hydrogen-bond donors (Lipinski definition) is 1. The van der Waals surface area contributed by atoms with E-state index in [0.29, 0.717) is 0 Å².